The number of ether oxygens (including phenoxy) is 1. The van der Waals surface area contributed by atoms with Gasteiger partial charge in [0.1, 0.15) is 5.75 Å². The standard InChI is InChI=1S/C15H12BrClO2/c1-19-12-5-2-10(3-6-12)8-15(18)13-9-11(16)4-7-14(13)17/h2-7,9H,8H2,1H3. The number of hydrogen-bond acceptors (Lipinski definition) is 2. The van der Waals surface area contributed by atoms with Crippen LogP contribution in [0.5, 0.6) is 5.75 Å². The average molecular weight is 340 g/mol. The highest BCUT2D eigenvalue weighted by atomic mass is 79.9. The summed E-state index contributed by atoms with van der Waals surface area (Å²) in [6.07, 6.45) is 0.320. The Bertz CT molecular complexity index is 594. The lowest BCUT2D eigenvalue weighted by molar-refractivity contribution is 0.0993. The van der Waals surface area contributed by atoms with Crippen molar-refractivity contribution in [2.75, 3.05) is 7.11 Å². The van der Waals surface area contributed by atoms with Gasteiger partial charge in [0, 0.05) is 16.5 Å². The second-order valence-electron chi connectivity index (χ2n) is 4.07. The molecule has 0 bridgehead atoms. The van der Waals surface area contributed by atoms with Crippen LogP contribution in [0.15, 0.2) is 46.9 Å². The highest BCUT2D eigenvalue weighted by molar-refractivity contribution is 9.10. The van der Waals surface area contributed by atoms with Crippen molar-refractivity contribution in [1.82, 2.24) is 0 Å². The predicted octanol–water partition coefficient (Wildman–Crippen LogP) is 4.54. The van der Waals surface area contributed by atoms with Gasteiger partial charge in [0.05, 0.1) is 12.1 Å². The Kier molecular flexibility index (Phi) is 4.61. The Hall–Kier alpha value is -1.32. The van der Waals surface area contributed by atoms with Gasteiger partial charge in [-0.3, -0.25) is 4.79 Å². The van der Waals surface area contributed by atoms with E-state index in [9.17, 15) is 4.79 Å². The van der Waals surface area contributed by atoms with E-state index in [1.165, 1.54) is 0 Å². The van der Waals surface area contributed by atoms with E-state index in [2.05, 4.69) is 15.9 Å². The topological polar surface area (TPSA) is 26.3 Å². The smallest absolute Gasteiger partial charge is 0.168 e. The molecule has 2 rings (SSSR count). The van der Waals surface area contributed by atoms with E-state index in [1.54, 1.807) is 19.2 Å². The van der Waals surface area contributed by atoms with Gasteiger partial charge in [-0.2, -0.15) is 0 Å². The highest BCUT2D eigenvalue weighted by Crippen LogP contribution is 2.23. The number of benzene rings is 2. The molecule has 0 aliphatic rings. The van der Waals surface area contributed by atoms with Crippen molar-refractivity contribution < 1.29 is 9.53 Å². The molecule has 0 aliphatic carbocycles. The molecule has 2 nitrogen and oxygen atoms in total. The maximum atomic E-state index is 12.2. The first-order valence-electron chi connectivity index (χ1n) is 5.71. The molecule has 0 fully saturated rings. The Labute approximate surface area is 125 Å². The van der Waals surface area contributed by atoms with Crippen molar-refractivity contribution in [2.24, 2.45) is 0 Å². The Morgan fingerprint density at radius 3 is 2.53 bits per heavy atom. The monoisotopic (exact) mass is 338 g/mol. The van der Waals surface area contributed by atoms with Gasteiger partial charge in [-0.25, -0.2) is 0 Å². The number of ketones is 1. The third-order valence-electron chi connectivity index (χ3n) is 2.75. The van der Waals surface area contributed by atoms with Crippen molar-refractivity contribution in [2.45, 2.75) is 6.42 Å². The van der Waals surface area contributed by atoms with Gasteiger partial charge >= 0.3 is 0 Å². The van der Waals surface area contributed by atoms with Crippen molar-refractivity contribution >= 4 is 33.3 Å². The normalized spacial score (nSPS) is 10.3. The van der Waals surface area contributed by atoms with Crippen LogP contribution in [0, 0.1) is 0 Å². The molecule has 4 heteroatoms. The van der Waals surface area contributed by atoms with E-state index in [0.29, 0.717) is 17.0 Å². The van der Waals surface area contributed by atoms with Gasteiger partial charge in [-0.05, 0) is 35.9 Å². The number of Topliss-reactive ketones (excluding diaryl/α,β-unsaturated/α-hetero) is 1. The molecule has 0 aromatic heterocycles. The van der Waals surface area contributed by atoms with Crippen LogP contribution in [0.3, 0.4) is 0 Å². The van der Waals surface area contributed by atoms with Crippen LogP contribution in [0.4, 0.5) is 0 Å². The summed E-state index contributed by atoms with van der Waals surface area (Å²) in [6.45, 7) is 0. The lowest BCUT2D eigenvalue weighted by Gasteiger charge is -2.05. The molecule has 2 aromatic carbocycles. The summed E-state index contributed by atoms with van der Waals surface area (Å²) >= 11 is 9.38. The first-order valence-corrected chi connectivity index (χ1v) is 6.88. The molecule has 0 amide bonds. The Morgan fingerprint density at radius 2 is 1.89 bits per heavy atom. The molecule has 98 valence electrons. The zero-order valence-corrected chi connectivity index (χ0v) is 12.7. The van der Waals surface area contributed by atoms with E-state index >= 15 is 0 Å². The fourth-order valence-electron chi connectivity index (χ4n) is 1.74. The van der Waals surface area contributed by atoms with Crippen molar-refractivity contribution in [3.05, 3.63) is 63.1 Å². The number of carbonyl (C=O) groups is 1. The van der Waals surface area contributed by atoms with Crippen molar-refractivity contribution in [1.29, 1.82) is 0 Å². The second-order valence-corrected chi connectivity index (χ2v) is 5.40. The molecule has 0 unspecified atom stereocenters. The summed E-state index contributed by atoms with van der Waals surface area (Å²) < 4.78 is 5.92. The molecule has 19 heavy (non-hydrogen) atoms. The van der Waals surface area contributed by atoms with Crippen LogP contribution in [0.2, 0.25) is 5.02 Å². The Morgan fingerprint density at radius 1 is 1.21 bits per heavy atom. The summed E-state index contributed by atoms with van der Waals surface area (Å²) in [5.74, 6) is 0.771. The molecule has 0 radical (unpaired) electrons. The summed E-state index contributed by atoms with van der Waals surface area (Å²) in [5.41, 5.74) is 1.47. The molecule has 2 aromatic rings. The fraction of sp³-hybridized carbons (Fsp3) is 0.133. The summed E-state index contributed by atoms with van der Waals surface area (Å²) in [7, 11) is 1.61. The van der Waals surface area contributed by atoms with Gasteiger partial charge in [0.15, 0.2) is 5.78 Å². The highest BCUT2D eigenvalue weighted by Gasteiger charge is 2.11. The van der Waals surface area contributed by atoms with Gasteiger partial charge in [-0.1, -0.05) is 39.7 Å². The average Bonchev–Trinajstić information content (AvgIpc) is 2.42. The lowest BCUT2D eigenvalue weighted by atomic mass is 10.0. The third-order valence-corrected chi connectivity index (χ3v) is 3.58. The van der Waals surface area contributed by atoms with Crippen LogP contribution in [0.1, 0.15) is 15.9 Å². The first kappa shape index (κ1) is 14.1. The second kappa shape index (κ2) is 6.22. The van der Waals surface area contributed by atoms with Crippen LogP contribution in [-0.4, -0.2) is 12.9 Å². The first-order chi connectivity index (χ1) is 9.10. The van der Waals surface area contributed by atoms with E-state index in [-0.39, 0.29) is 5.78 Å². The maximum absolute atomic E-state index is 12.2. The maximum Gasteiger partial charge on any atom is 0.168 e. The summed E-state index contributed by atoms with van der Waals surface area (Å²) in [6, 6.07) is 12.7. The predicted molar refractivity (Wildman–Crippen MR) is 80.2 cm³/mol. The van der Waals surface area contributed by atoms with Crippen LogP contribution >= 0.6 is 27.5 Å². The minimum atomic E-state index is -0.00327. The third kappa shape index (κ3) is 3.58. The van der Waals surface area contributed by atoms with E-state index in [4.69, 9.17) is 16.3 Å². The van der Waals surface area contributed by atoms with Crippen molar-refractivity contribution in [3.63, 3.8) is 0 Å². The number of halogens is 2. The number of hydrogen-bond donors (Lipinski definition) is 0. The number of rotatable bonds is 4. The summed E-state index contributed by atoms with van der Waals surface area (Å²) in [5, 5.41) is 0.474. The molecule has 0 aliphatic heterocycles. The molecular formula is C15H12BrClO2. The molecule has 0 heterocycles. The minimum absolute atomic E-state index is 0.00327. The number of methoxy groups -OCH3 is 1. The fourth-order valence-corrected chi connectivity index (χ4v) is 2.32. The van der Waals surface area contributed by atoms with E-state index < -0.39 is 0 Å². The quantitative estimate of drug-likeness (QED) is 0.765. The van der Waals surface area contributed by atoms with Crippen LogP contribution < -0.4 is 4.74 Å². The van der Waals surface area contributed by atoms with Gasteiger partial charge < -0.3 is 4.74 Å². The van der Waals surface area contributed by atoms with Gasteiger partial charge in [-0.15, -0.1) is 0 Å². The Balaban J connectivity index is 2.18. The van der Waals surface area contributed by atoms with Gasteiger partial charge in [0.2, 0.25) is 0 Å². The van der Waals surface area contributed by atoms with Crippen molar-refractivity contribution in [3.8, 4) is 5.75 Å². The summed E-state index contributed by atoms with van der Waals surface area (Å²) in [4.78, 5) is 12.2. The number of carbonyl (C=O) groups excluding carboxylic acids is 1. The zero-order chi connectivity index (χ0) is 13.8. The molecular weight excluding hydrogens is 328 g/mol. The molecule has 0 atom stereocenters. The van der Waals surface area contributed by atoms with Gasteiger partial charge in [0.25, 0.3) is 0 Å². The molecule has 0 saturated heterocycles. The lowest BCUT2D eigenvalue weighted by Crippen LogP contribution is -2.04. The minimum Gasteiger partial charge on any atom is -0.497 e. The van der Waals surface area contributed by atoms with E-state index in [0.717, 1.165) is 15.8 Å². The molecule has 0 spiro atoms. The van der Waals surface area contributed by atoms with E-state index in [1.807, 2.05) is 30.3 Å². The molecule has 0 saturated carbocycles. The zero-order valence-electron chi connectivity index (χ0n) is 10.3. The van der Waals surface area contributed by atoms with Crippen LogP contribution in [-0.2, 0) is 6.42 Å². The van der Waals surface area contributed by atoms with Crippen LogP contribution in [0.25, 0.3) is 0 Å². The molecule has 0 N–H and O–H groups in total. The SMILES string of the molecule is COc1ccc(CC(=O)c2cc(Br)ccc2Cl)cc1. The largest absolute Gasteiger partial charge is 0.497 e.